The summed E-state index contributed by atoms with van der Waals surface area (Å²) in [4.78, 5) is 13.3. The number of carbonyl (C=O) groups excluding carboxylic acids is 1. The fourth-order valence-electron chi connectivity index (χ4n) is 1.54. The number of nitrogens with two attached hydrogens (primary N) is 2. The van der Waals surface area contributed by atoms with Crippen LogP contribution in [0.3, 0.4) is 0 Å². The lowest BCUT2D eigenvalue weighted by Crippen LogP contribution is -2.52. The molecule has 0 saturated carbocycles. The van der Waals surface area contributed by atoms with Gasteiger partial charge in [0.15, 0.2) is 0 Å². The van der Waals surface area contributed by atoms with Gasteiger partial charge < -0.3 is 16.2 Å². The summed E-state index contributed by atoms with van der Waals surface area (Å²) in [5, 5.41) is 0. The zero-order valence-electron chi connectivity index (χ0n) is 10.8. The molecule has 2 unspecified atom stereocenters. The van der Waals surface area contributed by atoms with Crippen LogP contribution in [0.15, 0.2) is 0 Å². The van der Waals surface area contributed by atoms with Crippen LogP contribution in [0, 0.1) is 0 Å². The van der Waals surface area contributed by atoms with E-state index in [0.29, 0.717) is 19.1 Å². The molecule has 0 aliphatic heterocycles. The largest absolute Gasteiger partial charge is 0.383 e. The topological polar surface area (TPSA) is 81.6 Å². The minimum atomic E-state index is -0.930. The SMILES string of the molecule is CCN(CCC(C)(N)C(N)=O)C(C)COC. The third-order valence-corrected chi connectivity index (χ3v) is 2.92. The summed E-state index contributed by atoms with van der Waals surface area (Å²) in [6.45, 7) is 8.15. The Balaban J connectivity index is 4.19. The van der Waals surface area contributed by atoms with Gasteiger partial charge in [0.1, 0.15) is 0 Å². The Hall–Kier alpha value is -0.650. The Bertz CT molecular complexity index is 219. The van der Waals surface area contributed by atoms with Crippen LogP contribution in [-0.2, 0) is 9.53 Å². The van der Waals surface area contributed by atoms with Crippen LogP contribution in [0.25, 0.3) is 0 Å². The molecule has 2 atom stereocenters. The first-order valence-electron chi connectivity index (χ1n) is 5.67. The molecule has 0 bridgehead atoms. The van der Waals surface area contributed by atoms with Gasteiger partial charge in [-0.3, -0.25) is 9.69 Å². The molecule has 4 N–H and O–H groups in total. The maximum Gasteiger partial charge on any atom is 0.237 e. The number of ether oxygens (including phenoxy) is 1. The molecule has 0 spiro atoms. The summed E-state index contributed by atoms with van der Waals surface area (Å²) in [5.74, 6) is -0.456. The number of carbonyl (C=O) groups is 1. The first kappa shape index (κ1) is 15.3. The lowest BCUT2D eigenvalue weighted by Gasteiger charge is -2.30. The molecule has 0 aromatic rings. The second-order valence-corrected chi connectivity index (χ2v) is 4.46. The highest BCUT2D eigenvalue weighted by atomic mass is 16.5. The third-order valence-electron chi connectivity index (χ3n) is 2.92. The molecule has 0 heterocycles. The molecule has 5 nitrogen and oxygen atoms in total. The van der Waals surface area contributed by atoms with Gasteiger partial charge in [0.2, 0.25) is 5.91 Å². The van der Waals surface area contributed by atoms with Gasteiger partial charge in [0.05, 0.1) is 12.1 Å². The molecule has 0 aromatic carbocycles. The van der Waals surface area contributed by atoms with Gasteiger partial charge in [-0.05, 0) is 26.8 Å². The van der Waals surface area contributed by atoms with Crippen molar-refractivity contribution in [2.24, 2.45) is 11.5 Å². The standard InChI is InChI=1S/C11H25N3O2/c1-5-14(9(2)8-16-4)7-6-11(3,13)10(12)15/h9H,5-8,13H2,1-4H3,(H2,12,15). The summed E-state index contributed by atoms with van der Waals surface area (Å²) < 4.78 is 5.10. The summed E-state index contributed by atoms with van der Waals surface area (Å²) in [6, 6.07) is 0.318. The molecule has 0 aliphatic rings. The van der Waals surface area contributed by atoms with Crippen molar-refractivity contribution in [3.8, 4) is 0 Å². The van der Waals surface area contributed by atoms with E-state index in [4.69, 9.17) is 16.2 Å². The van der Waals surface area contributed by atoms with Crippen LogP contribution in [-0.4, -0.2) is 49.2 Å². The molecule has 1 amide bonds. The normalized spacial score (nSPS) is 17.1. The number of amides is 1. The van der Waals surface area contributed by atoms with Gasteiger partial charge in [0.25, 0.3) is 0 Å². The number of likely N-dealkylation sites (N-methyl/N-ethyl adjacent to an activating group) is 1. The van der Waals surface area contributed by atoms with E-state index in [1.54, 1.807) is 14.0 Å². The van der Waals surface area contributed by atoms with Crippen molar-refractivity contribution in [1.82, 2.24) is 4.90 Å². The lowest BCUT2D eigenvalue weighted by atomic mass is 9.98. The molecule has 0 rings (SSSR count). The number of methoxy groups -OCH3 is 1. The number of hydrogen-bond acceptors (Lipinski definition) is 4. The zero-order chi connectivity index (χ0) is 12.8. The smallest absolute Gasteiger partial charge is 0.237 e. The van der Waals surface area contributed by atoms with Crippen LogP contribution in [0.1, 0.15) is 27.2 Å². The zero-order valence-corrected chi connectivity index (χ0v) is 10.8. The van der Waals surface area contributed by atoms with Crippen molar-refractivity contribution in [1.29, 1.82) is 0 Å². The molecular weight excluding hydrogens is 206 g/mol. The molecule has 0 aromatic heterocycles. The molecule has 16 heavy (non-hydrogen) atoms. The van der Waals surface area contributed by atoms with E-state index in [2.05, 4.69) is 18.7 Å². The van der Waals surface area contributed by atoms with Crippen molar-refractivity contribution in [2.75, 3.05) is 26.8 Å². The van der Waals surface area contributed by atoms with Gasteiger partial charge in [0, 0.05) is 19.7 Å². The summed E-state index contributed by atoms with van der Waals surface area (Å²) >= 11 is 0. The van der Waals surface area contributed by atoms with Crippen molar-refractivity contribution in [3.05, 3.63) is 0 Å². The second-order valence-electron chi connectivity index (χ2n) is 4.46. The number of primary amides is 1. The average Bonchev–Trinajstić information content (AvgIpc) is 2.18. The van der Waals surface area contributed by atoms with E-state index < -0.39 is 11.4 Å². The molecule has 0 fully saturated rings. The molecule has 5 heteroatoms. The van der Waals surface area contributed by atoms with E-state index in [9.17, 15) is 4.79 Å². The van der Waals surface area contributed by atoms with E-state index in [0.717, 1.165) is 13.1 Å². The number of nitrogens with zero attached hydrogens (tertiary/aromatic N) is 1. The first-order chi connectivity index (χ1) is 7.35. The highest BCUT2D eigenvalue weighted by Gasteiger charge is 2.26. The Morgan fingerprint density at radius 1 is 1.56 bits per heavy atom. The van der Waals surface area contributed by atoms with E-state index >= 15 is 0 Å². The van der Waals surface area contributed by atoms with Crippen LogP contribution < -0.4 is 11.5 Å². The summed E-state index contributed by atoms with van der Waals surface area (Å²) in [6.07, 6.45) is 0.560. The maximum atomic E-state index is 11.1. The van der Waals surface area contributed by atoms with E-state index in [-0.39, 0.29) is 0 Å². The average molecular weight is 231 g/mol. The third kappa shape index (κ3) is 4.92. The van der Waals surface area contributed by atoms with Crippen molar-refractivity contribution >= 4 is 5.91 Å². The predicted molar refractivity (Wildman–Crippen MR) is 65.0 cm³/mol. The van der Waals surface area contributed by atoms with Gasteiger partial charge >= 0.3 is 0 Å². The van der Waals surface area contributed by atoms with Crippen LogP contribution in [0.4, 0.5) is 0 Å². The molecule has 0 aliphatic carbocycles. The minimum Gasteiger partial charge on any atom is -0.383 e. The Labute approximate surface area is 98.1 Å². The molecule has 0 saturated heterocycles. The van der Waals surface area contributed by atoms with Crippen LogP contribution >= 0.6 is 0 Å². The van der Waals surface area contributed by atoms with Crippen LogP contribution in [0.2, 0.25) is 0 Å². The number of rotatable bonds is 8. The second kappa shape index (κ2) is 6.83. The fraction of sp³-hybridized carbons (Fsp3) is 0.909. The van der Waals surface area contributed by atoms with Gasteiger partial charge in [-0.2, -0.15) is 0 Å². The first-order valence-corrected chi connectivity index (χ1v) is 5.67. The predicted octanol–water partition coefficient (Wildman–Crippen LogP) is -0.0640. The lowest BCUT2D eigenvalue weighted by molar-refractivity contribution is -0.122. The highest BCUT2D eigenvalue weighted by molar-refractivity contribution is 5.83. The Kier molecular flexibility index (Phi) is 6.55. The Morgan fingerprint density at radius 3 is 2.50 bits per heavy atom. The van der Waals surface area contributed by atoms with Crippen molar-refractivity contribution < 1.29 is 9.53 Å². The van der Waals surface area contributed by atoms with E-state index in [1.165, 1.54) is 0 Å². The Morgan fingerprint density at radius 2 is 2.12 bits per heavy atom. The monoisotopic (exact) mass is 231 g/mol. The highest BCUT2D eigenvalue weighted by Crippen LogP contribution is 2.08. The van der Waals surface area contributed by atoms with Gasteiger partial charge in [-0.25, -0.2) is 0 Å². The number of hydrogen-bond donors (Lipinski definition) is 2. The fourth-order valence-corrected chi connectivity index (χ4v) is 1.54. The van der Waals surface area contributed by atoms with E-state index in [1.807, 2.05) is 0 Å². The van der Waals surface area contributed by atoms with Gasteiger partial charge in [-0.1, -0.05) is 6.92 Å². The van der Waals surface area contributed by atoms with Crippen molar-refractivity contribution in [3.63, 3.8) is 0 Å². The quantitative estimate of drug-likeness (QED) is 0.613. The molecule has 96 valence electrons. The van der Waals surface area contributed by atoms with Crippen molar-refractivity contribution in [2.45, 2.75) is 38.8 Å². The molecule has 0 radical (unpaired) electrons. The summed E-state index contributed by atoms with van der Waals surface area (Å²) in [7, 11) is 1.68. The summed E-state index contributed by atoms with van der Waals surface area (Å²) in [5.41, 5.74) is 10.1. The maximum absolute atomic E-state index is 11.1. The van der Waals surface area contributed by atoms with Crippen LogP contribution in [0.5, 0.6) is 0 Å². The minimum absolute atomic E-state index is 0.318. The van der Waals surface area contributed by atoms with Gasteiger partial charge in [-0.15, -0.1) is 0 Å². The molecular formula is C11H25N3O2.